The molecule has 0 bridgehead atoms. The van der Waals surface area contributed by atoms with Crippen LogP contribution in [0, 0.1) is 6.92 Å². The van der Waals surface area contributed by atoms with Gasteiger partial charge in [-0.25, -0.2) is 4.98 Å². The highest BCUT2D eigenvalue weighted by Crippen LogP contribution is 2.27. The summed E-state index contributed by atoms with van der Waals surface area (Å²) in [6.07, 6.45) is 4.43. The molecule has 0 aliphatic heterocycles. The lowest BCUT2D eigenvalue weighted by molar-refractivity contribution is -0.129. The van der Waals surface area contributed by atoms with Gasteiger partial charge in [-0.05, 0) is 42.5 Å². The first-order chi connectivity index (χ1) is 15.6. The Kier molecular flexibility index (Phi) is 7.29. The molecule has 4 aromatic rings. The number of benzene rings is 1. The molecule has 0 N–H and O–H groups in total. The molecule has 0 saturated heterocycles. The van der Waals surface area contributed by atoms with Gasteiger partial charge in [0, 0.05) is 24.0 Å². The third-order valence-electron chi connectivity index (χ3n) is 4.80. The van der Waals surface area contributed by atoms with Crippen LogP contribution in [0.5, 0.6) is 0 Å². The van der Waals surface area contributed by atoms with E-state index in [4.69, 9.17) is 16.0 Å². The molecule has 0 saturated carbocycles. The van der Waals surface area contributed by atoms with Crippen molar-refractivity contribution in [2.24, 2.45) is 0 Å². The standard InChI is InChI=1S/C22H22ClN5O2S2/c1-3-10-27(13-19-25-26-21(30-19)18-8-5-12-31-18)20(29)14-32-22-24-9-11-28(22)17-7-4-6-16(23)15(17)2/h4-9,11-12H,3,10,13-14H2,1-2H3. The summed E-state index contributed by atoms with van der Waals surface area (Å²) in [6.45, 7) is 4.90. The van der Waals surface area contributed by atoms with Gasteiger partial charge in [-0.2, -0.15) is 0 Å². The molecule has 4 rings (SSSR count). The van der Waals surface area contributed by atoms with Crippen molar-refractivity contribution in [1.82, 2.24) is 24.6 Å². The first-order valence-corrected chi connectivity index (χ1v) is 12.4. The number of imidazole rings is 1. The average Bonchev–Trinajstić information content (AvgIpc) is 3.55. The number of nitrogens with zero attached hydrogens (tertiary/aromatic N) is 5. The van der Waals surface area contributed by atoms with Gasteiger partial charge in [-0.3, -0.25) is 9.36 Å². The van der Waals surface area contributed by atoms with Crippen LogP contribution in [0.4, 0.5) is 0 Å². The zero-order chi connectivity index (χ0) is 22.5. The Morgan fingerprint density at radius 1 is 1.28 bits per heavy atom. The molecule has 1 aromatic carbocycles. The maximum atomic E-state index is 13.0. The maximum absolute atomic E-state index is 13.0. The summed E-state index contributed by atoms with van der Waals surface area (Å²) < 4.78 is 7.72. The Morgan fingerprint density at radius 3 is 2.94 bits per heavy atom. The summed E-state index contributed by atoms with van der Waals surface area (Å²) >= 11 is 9.20. The normalized spacial score (nSPS) is 11.1. The molecule has 0 unspecified atom stereocenters. The van der Waals surface area contributed by atoms with Crippen molar-refractivity contribution in [3.8, 4) is 16.5 Å². The van der Waals surface area contributed by atoms with E-state index in [2.05, 4.69) is 15.2 Å². The van der Waals surface area contributed by atoms with E-state index < -0.39 is 0 Å². The van der Waals surface area contributed by atoms with E-state index in [-0.39, 0.29) is 18.2 Å². The quantitative estimate of drug-likeness (QED) is 0.291. The smallest absolute Gasteiger partial charge is 0.257 e. The largest absolute Gasteiger partial charge is 0.418 e. The lowest BCUT2D eigenvalue weighted by Crippen LogP contribution is -2.32. The van der Waals surface area contributed by atoms with Crippen molar-refractivity contribution in [3.63, 3.8) is 0 Å². The Labute approximate surface area is 199 Å². The Hall–Kier alpha value is -2.62. The van der Waals surface area contributed by atoms with Crippen LogP contribution >= 0.6 is 34.7 Å². The summed E-state index contributed by atoms with van der Waals surface area (Å²) in [7, 11) is 0. The number of thioether (sulfide) groups is 1. The van der Waals surface area contributed by atoms with Crippen LogP contribution in [-0.4, -0.2) is 42.9 Å². The van der Waals surface area contributed by atoms with Crippen LogP contribution in [0.15, 0.2) is 57.7 Å². The number of hydrogen-bond donors (Lipinski definition) is 0. The molecule has 32 heavy (non-hydrogen) atoms. The van der Waals surface area contributed by atoms with Crippen LogP contribution in [0.25, 0.3) is 16.5 Å². The topological polar surface area (TPSA) is 77.1 Å². The fourth-order valence-corrected chi connectivity index (χ4v) is 4.88. The average molecular weight is 488 g/mol. The molecule has 0 atom stereocenters. The number of carbonyl (C=O) groups is 1. The summed E-state index contributed by atoms with van der Waals surface area (Å²) in [5, 5.41) is 11.6. The monoisotopic (exact) mass is 487 g/mol. The second kappa shape index (κ2) is 10.3. The number of hydrogen-bond acceptors (Lipinski definition) is 7. The highest BCUT2D eigenvalue weighted by Gasteiger charge is 2.19. The molecule has 3 heterocycles. The zero-order valence-electron chi connectivity index (χ0n) is 17.7. The van der Waals surface area contributed by atoms with Crippen LogP contribution in [0.3, 0.4) is 0 Å². The first kappa shape index (κ1) is 22.6. The van der Waals surface area contributed by atoms with E-state index in [1.165, 1.54) is 23.1 Å². The van der Waals surface area contributed by atoms with Crippen molar-refractivity contribution in [1.29, 1.82) is 0 Å². The molecule has 10 heteroatoms. The van der Waals surface area contributed by atoms with Crippen LogP contribution < -0.4 is 0 Å². The Balaban J connectivity index is 1.43. The second-order valence-electron chi connectivity index (χ2n) is 7.05. The van der Waals surface area contributed by atoms with Gasteiger partial charge in [0.2, 0.25) is 11.8 Å². The number of rotatable bonds is 9. The van der Waals surface area contributed by atoms with Crippen LogP contribution in [-0.2, 0) is 11.3 Å². The van der Waals surface area contributed by atoms with Gasteiger partial charge in [-0.15, -0.1) is 21.5 Å². The Bertz CT molecular complexity index is 1190. The van der Waals surface area contributed by atoms with Gasteiger partial charge in [0.15, 0.2) is 5.16 Å². The van der Waals surface area contributed by atoms with Crippen LogP contribution in [0.2, 0.25) is 5.02 Å². The third-order valence-corrected chi connectivity index (χ3v) is 7.02. The van der Waals surface area contributed by atoms with Gasteiger partial charge in [0.1, 0.15) is 0 Å². The van der Waals surface area contributed by atoms with E-state index in [0.717, 1.165) is 27.7 Å². The van der Waals surface area contributed by atoms with Crippen LogP contribution in [0.1, 0.15) is 24.8 Å². The summed E-state index contributed by atoms with van der Waals surface area (Å²) in [4.78, 5) is 20.1. The molecule has 7 nitrogen and oxygen atoms in total. The third kappa shape index (κ3) is 5.06. The van der Waals surface area contributed by atoms with Gasteiger partial charge in [0.25, 0.3) is 5.89 Å². The molecule has 0 fully saturated rings. The van der Waals surface area contributed by atoms with E-state index >= 15 is 0 Å². The highest BCUT2D eigenvalue weighted by atomic mass is 35.5. The molecule has 0 aliphatic carbocycles. The molecule has 0 spiro atoms. The summed E-state index contributed by atoms with van der Waals surface area (Å²) in [5.41, 5.74) is 1.91. The molecule has 0 aliphatic rings. The van der Waals surface area contributed by atoms with E-state index in [1.54, 1.807) is 11.1 Å². The van der Waals surface area contributed by atoms with Gasteiger partial charge < -0.3 is 9.32 Å². The molecule has 3 aromatic heterocycles. The van der Waals surface area contributed by atoms with E-state index in [9.17, 15) is 4.79 Å². The number of amides is 1. The number of carbonyl (C=O) groups excluding carboxylic acids is 1. The summed E-state index contributed by atoms with van der Waals surface area (Å²) in [6, 6.07) is 9.61. The molecule has 0 radical (unpaired) electrons. The maximum Gasteiger partial charge on any atom is 0.257 e. The second-order valence-corrected chi connectivity index (χ2v) is 9.34. The molecular weight excluding hydrogens is 466 g/mol. The minimum absolute atomic E-state index is 0.00918. The number of thiophene rings is 1. The van der Waals surface area contributed by atoms with E-state index in [0.29, 0.717) is 23.3 Å². The van der Waals surface area contributed by atoms with Crippen molar-refractivity contribution in [2.75, 3.05) is 12.3 Å². The zero-order valence-corrected chi connectivity index (χ0v) is 20.1. The first-order valence-electron chi connectivity index (χ1n) is 10.1. The SMILES string of the molecule is CCCN(Cc1nnc(-c2cccs2)o1)C(=O)CSc1nccn1-c1cccc(Cl)c1C. The number of aromatic nitrogens is 4. The molecular formula is C22H22ClN5O2S2. The predicted octanol–water partition coefficient (Wildman–Crippen LogP) is 5.48. The fraction of sp³-hybridized carbons (Fsp3) is 0.273. The van der Waals surface area contributed by atoms with Gasteiger partial charge in [-0.1, -0.05) is 42.4 Å². The lowest BCUT2D eigenvalue weighted by atomic mass is 10.2. The minimum Gasteiger partial charge on any atom is -0.418 e. The number of halogens is 1. The summed E-state index contributed by atoms with van der Waals surface area (Å²) in [5.74, 6) is 1.15. The predicted molar refractivity (Wildman–Crippen MR) is 127 cm³/mol. The minimum atomic E-state index is -0.00918. The molecule has 1 amide bonds. The molecule has 166 valence electrons. The Morgan fingerprint density at radius 2 is 2.16 bits per heavy atom. The van der Waals surface area contributed by atoms with Crippen molar-refractivity contribution in [3.05, 3.63) is 64.6 Å². The van der Waals surface area contributed by atoms with E-state index in [1.807, 2.05) is 60.3 Å². The van der Waals surface area contributed by atoms with Crippen molar-refractivity contribution >= 4 is 40.6 Å². The fourth-order valence-electron chi connectivity index (χ4n) is 3.20. The lowest BCUT2D eigenvalue weighted by Gasteiger charge is -2.20. The van der Waals surface area contributed by atoms with Crippen molar-refractivity contribution < 1.29 is 9.21 Å². The van der Waals surface area contributed by atoms with Gasteiger partial charge >= 0.3 is 0 Å². The van der Waals surface area contributed by atoms with Gasteiger partial charge in [0.05, 0.1) is 22.9 Å². The van der Waals surface area contributed by atoms with Crippen molar-refractivity contribution in [2.45, 2.75) is 32.0 Å². The highest BCUT2D eigenvalue weighted by molar-refractivity contribution is 7.99.